The molecule has 2 N–H and O–H groups in total. The minimum atomic E-state index is -3.52. The van der Waals surface area contributed by atoms with Crippen molar-refractivity contribution in [2.75, 3.05) is 39.5 Å². The lowest BCUT2D eigenvalue weighted by Crippen LogP contribution is -2.37. The van der Waals surface area contributed by atoms with Gasteiger partial charge in [-0.15, -0.1) is 0 Å². The van der Waals surface area contributed by atoms with E-state index in [1.54, 1.807) is 23.4 Å². The fourth-order valence-corrected chi connectivity index (χ4v) is 4.26. The third-order valence-electron chi connectivity index (χ3n) is 3.51. The molecule has 1 aromatic rings. The van der Waals surface area contributed by atoms with Crippen LogP contribution in [0.1, 0.15) is 24.5 Å². The molecule has 0 unspecified atom stereocenters. The fourth-order valence-electron chi connectivity index (χ4n) is 2.28. The van der Waals surface area contributed by atoms with Gasteiger partial charge >= 0.3 is 0 Å². The van der Waals surface area contributed by atoms with Crippen LogP contribution in [0.2, 0.25) is 0 Å². The smallest absolute Gasteiger partial charge is 0.243 e. The van der Waals surface area contributed by atoms with Crippen LogP contribution in [0.3, 0.4) is 0 Å². The van der Waals surface area contributed by atoms with Crippen molar-refractivity contribution >= 4 is 15.7 Å². The van der Waals surface area contributed by atoms with Crippen molar-refractivity contribution in [1.82, 2.24) is 9.21 Å². The summed E-state index contributed by atoms with van der Waals surface area (Å²) in [4.78, 5) is 2.34. The zero-order valence-corrected chi connectivity index (χ0v) is 14.5. The van der Waals surface area contributed by atoms with E-state index in [-0.39, 0.29) is 0 Å². The van der Waals surface area contributed by atoms with Crippen molar-refractivity contribution in [3.05, 3.63) is 23.3 Å². The van der Waals surface area contributed by atoms with E-state index in [0.29, 0.717) is 35.8 Å². The Balaban J connectivity index is 3.26. The number of aryl methyl sites for hydroxylation is 1. The summed E-state index contributed by atoms with van der Waals surface area (Å²) in [5.74, 6) is 0. The van der Waals surface area contributed by atoms with Crippen LogP contribution >= 0.6 is 0 Å². The highest BCUT2D eigenvalue weighted by Gasteiger charge is 2.27. The van der Waals surface area contributed by atoms with E-state index in [9.17, 15) is 8.42 Å². The molecule has 0 fully saturated rings. The number of likely N-dealkylation sites (N-methyl/N-ethyl adjacent to an activating group) is 1. The monoisotopic (exact) mass is 313 g/mol. The van der Waals surface area contributed by atoms with E-state index in [1.807, 2.05) is 32.8 Å². The molecule has 0 radical (unpaired) electrons. The van der Waals surface area contributed by atoms with Crippen LogP contribution in [0.25, 0.3) is 0 Å². The Morgan fingerprint density at radius 1 is 1.10 bits per heavy atom. The quantitative estimate of drug-likeness (QED) is 0.780. The normalized spacial score (nSPS) is 12.3. The molecule has 0 aliphatic rings. The largest absolute Gasteiger partial charge is 0.398 e. The summed E-state index contributed by atoms with van der Waals surface area (Å²) < 4.78 is 27.5. The van der Waals surface area contributed by atoms with Crippen LogP contribution in [0, 0.1) is 13.8 Å². The lowest BCUT2D eigenvalue weighted by Gasteiger charge is -2.25. The van der Waals surface area contributed by atoms with Crippen LogP contribution in [-0.2, 0) is 10.0 Å². The van der Waals surface area contributed by atoms with Crippen molar-refractivity contribution in [2.24, 2.45) is 0 Å². The van der Waals surface area contributed by atoms with Crippen molar-refractivity contribution in [1.29, 1.82) is 0 Å². The summed E-state index contributed by atoms with van der Waals surface area (Å²) >= 11 is 0. The molecule has 21 heavy (non-hydrogen) atoms. The van der Waals surface area contributed by atoms with Crippen molar-refractivity contribution in [2.45, 2.75) is 32.1 Å². The second-order valence-electron chi connectivity index (χ2n) is 5.63. The van der Waals surface area contributed by atoms with Gasteiger partial charge in [0.2, 0.25) is 10.0 Å². The second kappa shape index (κ2) is 7.24. The van der Waals surface area contributed by atoms with Gasteiger partial charge in [-0.1, -0.05) is 13.0 Å². The third-order valence-corrected chi connectivity index (χ3v) is 5.70. The van der Waals surface area contributed by atoms with Gasteiger partial charge in [0.25, 0.3) is 0 Å². The summed E-state index contributed by atoms with van der Waals surface area (Å²) in [7, 11) is 0.360. The van der Waals surface area contributed by atoms with E-state index in [2.05, 4.69) is 0 Å². The Morgan fingerprint density at radius 3 is 2.24 bits per heavy atom. The highest BCUT2D eigenvalue weighted by atomic mass is 32.2. The molecule has 0 saturated carbocycles. The summed E-state index contributed by atoms with van der Waals surface area (Å²) in [5.41, 5.74) is 7.79. The van der Waals surface area contributed by atoms with Crippen molar-refractivity contribution < 1.29 is 8.42 Å². The van der Waals surface area contributed by atoms with Crippen LogP contribution in [0.15, 0.2) is 17.0 Å². The maximum absolute atomic E-state index is 13.0. The van der Waals surface area contributed by atoms with Crippen molar-refractivity contribution in [3.63, 3.8) is 0 Å². The maximum atomic E-state index is 13.0. The average molecular weight is 313 g/mol. The molecule has 0 aromatic heterocycles. The average Bonchev–Trinajstić information content (AvgIpc) is 2.38. The number of sulfonamides is 1. The van der Waals surface area contributed by atoms with Crippen LogP contribution in [0.4, 0.5) is 5.69 Å². The molecule has 1 rings (SSSR count). The first-order valence-electron chi connectivity index (χ1n) is 7.22. The molecule has 0 heterocycles. The Morgan fingerprint density at radius 2 is 1.71 bits per heavy atom. The van der Waals surface area contributed by atoms with Gasteiger partial charge in [-0.3, -0.25) is 0 Å². The van der Waals surface area contributed by atoms with Gasteiger partial charge < -0.3 is 10.6 Å². The lowest BCUT2D eigenvalue weighted by atomic mass is 10.1. The number of nitrogens with two attached hydrogens (primary N) is 1. The van der Waals surface area contributed by atoms with E-state index < -0.39 is 10.0 Å². The van der Waals surface area contributed by atoms with Gasteiger partial charge in [0.1, 0.15) is 0 Å². The summed E-state index contributed by atoms with van der Waals surface area (Å²) in [5, 5.41) is 0. The number of benzene rings is 1. The number of hydrogen-bond donors (Lipinski definition) is 1. The van der Waals surface area contributed by atoms with Gasteiger partial charge in [0.15, 0.2) is 0 Å². The number of nitrogens with zero attached hydrogens (tertiary/aromatic N) is 2. The van der Waals surface area contributed by atoms with Gasteiger partial charge in [-0.25, -0.2) is 8.42 Å². The zero-order valence-electron chi connectivity index (χ0n) is 13.7. The number of anilines is 1. The predicted molar refractivity (Wildman–Crippen MR) is 87.9 cm³/mol. The molecule has 0 spiro atoms. The number of hydrogen-bond acceptors (Lipinski definition) is 4. The summed E-state index contributed by atoms with van der Waals surface area (Å²) in [6, 6.07) is 3.53. The molecule has 5 nitrogen and oxygen atoms in total. The fraction of sp³-hybridized carbons (Fsp3) is 0.600. The van der Waals surface area contributed by atoms with Crippen LogP contribution < -0.4 is 5.73 Å². The SMILES string of the molecule is CCCN(CCN(C)C)S(=O)(=O)c1c(C)ccc(N)c1C. The maximum Gasteiger partial charge on any atom is 0.243 e. The first kappa shape index (κ1) is 17.9. The van der Waals surface area contributed by atoms with E-state index in [1.165, 1.54) is 0 Å². The van der Waals surface area contributed by atoms with Gasteiger partial charge in [-0.05, 0) is 51.6 Å². The number of rotatable bonds is 7. The zero-order chi connectivity index (χ0) is 16.2. The molecule has 1 aromatic carbocycles. The van der Waals surface area contributed by atoms with Gasteiger partial charge in [0, 0.05) is 25.3 Å². The first-order valence-corrected chi connectivity index (χ1v) is 8.66. The predicted octanol–water partition coefficient (Wildman–Crippen LogP) is 1.85. The molecule has 0 atom stereocenters. The molecule has 120 valence electrons. The summed E-state index contributed by atoms with van der Waals surface area (Å²) in [6.45, 7) is 7.26. The molecular formula is C15H27N3O2S. The summed E-state index contributed by atoms with van der Waals surface area (Å²) in [6.07, 6.45) is 0.785. The molecular weight excluding hydrogens is 286 g/mol. The van der Waals surface area contributed by atoms with E-state index in [0.717, 1.165) is 12.0 Å². The highest BCUT2D eigenvalue weighted by Crippen LogP contribution is 2.27. The standard InChI is InChI=1S/C15H27N3O2S/c1-6-9-18(11-10-17(4)5)21(19,20)15-12(2)7-8-14(16)13(15)3/h7-8H,6,9-11,16H2,1-5H3. The molecule has 0 aliphatic carbocycles. The van der Waals surface area contributed by atoms with Crippen molar-refractivity contribution in [3.8, 4) is 0 Å². The van der Waals surface area contributed by atoms with E-state index in [4.69, 9.17) is 5.73 Å². The minimum absolute atomic E-state index is 0.356. The number of nitrogen functional groups attached to an aromatic ring is 1. The molecule has 6 heteroatoms. The molecule has 0 saturated heterocycles. The Labute approximate surface area is 128 Å². The lowest BCUT2D eigenvalue weighted by molar-refractivity contribution is 0.332. The molecule has 0 bridgehead atoms. The Hall–Kier alpha value is -1.11. The highest BCUT2D eigenvalue weighted by molar-refractivity contribution is 7.89. The van der Waals surface area contributed by atoms with Crippen LogP contribution in [0.5, 0.6) is 0 Å². The third kappa shape index (κ3) is 4.18. The topological polar surface area (TPSA) is 66.6 Å². The Kier molecular flexibility index (Phi) is 6.19. The second-order valence-corrected chi connectivity index (χ2v) is 7.51. The molecule has 0 aliphatic heterocycles. The van der Waals surface area contributed by atoms with Crippen LogP contribution in [-0.4, -0.2) is 51.4 Å². The Bertz CT molecular complexity index is 583. The minimum Gasteiger partial charge on any atom is -0.398 e. The van der Waals surface area contributed by atoms with Gasteiger partial charge in [0.05, 0.1) is 4.90 Å². The molecule has 0 amide bonds. The van der Waals surface area contributed by atoms with E-state index >= 15 is 0 Å². The van der Waals surface area contributed by atoms with Gasteiger partial charge in [-0.2, -0.15) is 4.31 Å². The first-order chi connectivity index (χ1) is 9.71.